The molecule has 2 amide bonds. The molecule has 1 fully saturated rings. The Labute approximate surface area is 176 Å². The van der Waals surface area contributed by atoms with Crippen LogP contribution in [0.25, 0.3) is 0 Å². The van der Waals surface area contributed by atoms with Crippen LogP contribution >= 0.6 is 11.6 Å². The SMILES string of the molecule is CC(Oc1cccc(Cl)c1)C(=O)Nc1ccc(NC(=O)CN2CCCCC2)cc1. The Balaban J connectivity index is 1.47. The first kappa shape index (κ1) is 21.1. The van der Waals surface area contributed by atoms with Crippen molar-refractivity contribution in [2.75, 3.05) is 30.3 Å². The molecule has 0 saturated carbocycles. The Morgan fingerprint density at radius 2 is 1.69 bits per heavy atom. The predicted molar refractivity (Wildman–Crippen MR) is 116 cm³/mol. The Morgan fingerprint density at radius 3 is 2.34 bits per heavy atom. The first-order valence-electron chi connectivity index (χ1n) is 9.85. The second-order valence-electron chi connectivity index (χ2n) is 7.17. The number of halogens is 1. The van der Waals surface area contributed by atoms with E-state index in [1.807, 2.05) is 0 Å². The van der Waals surface area contributed by atoms with Gasteiger partial charge in [0.05, 0.1) is 6.54 Å². The average molecular weight is 416 g/mol. The largest absolute Gasteiger partial charge is 0.481 e. The number of nitrogens with one attached hydrogen (secondary N) is 2. The highest BCUT2D eigenvalue weighted by molar-refractivity contribution is 6.30. The van der Waals surface area contributed by atoms with Crippen molar-refractivity contribution in [3.8, 4) is 5.75 Å². The Morgan fingerprint density at radius 1 is 1.03 bits per heavy atom. The molecule has 3 rings (SSSR count). The van der Waals surface area contributed by atoms with Crippen LogP contribution in [0.3, 0.4) is 0 Å². The molecule has 1 atom stereocenters. The third kappa shape index (κ3) is 6.76. The van der Waals surface area contributed by atoms with Gasteiger partial charge < -0.3 is 15.4 Å². The average Bonchev–Trinajstić information content (AvgIpc) is 2.70. The fraction of sp³-hybridized carbons (Fsp3) is 0.364. The van der Waals surface area contributed by atoms with Crippen LogP contribution in [0.15, 0.2) is 48.5 Å². The number of hydrogen-bond donors (Lipinski definition) is 2. The van der Waals surface area contributed by atoms with Crippen molar-refractivity contribution in [3.63, 3.8) is 0 Å². The summed E-state index contributed by atoms with van der Waals surface area (Å²) in [5.74, 6) is 0.242. The Bertz CT molecular complexity index is 835. The van der Waals surface area contributed by atoms with Gasteiger partial charge in [-0.2, -0.15) is 0 Å². The van der Waals surface area contributed by atoms with Gasteiger partial charge in [0.2, 0.25) is 5.91 Å². The van der Waals surface area contributed by atoms with Gasteiger partial charge in [0, 0.05) is 16.4 Å². The van der Waals surface area contributed by atoms with Crippen molar-refractivity contribution in [3.05, 3.63) is 53.6 Å². The zero-order valence-corrected chi connectivity index (χ0v) is 17.2. The molecule has 1 unspecified atom stereocenters. The summed E-state index contributed by atoms with van der Waals surface area (Å²) in [6.45, 7) is 4.05. The third-order valence-corrected chi connectivity index (χ3v) is 4.97. The maximum absolute atomic E-state index is 12.3. The quantitative estimate of drug-likeness (QED) is 0.712. The molecule has 1 saturated heterocycles. The van der Waals surface area contributed by atoms with E-state index in [2.05, 4.69) is 15.5 Å². The highest BCUT2D eigenvalue weighted by Crippen LogP contribution is 2.19. The van der Waals surface area contributed by atoms with E-state index in [4.69, 9.17) is 16.3 Å². The number of likely N-dealkylation sites (tertiary alicyclic amines) is 1. The molecular formula is C22H26ClN3O3. The van der Waals surface area contributed by atoms with E-state index in [-0.39, 0.29) is 11.8 Å². The van der Waals surface area contributed by atoms with Crippen LogP contribution in [0.5, 0.6) is 5.75 Å². The number of benzene rings is 2. The number of ether oxygens (including phenoxy) is 1. The van der Waals surface area contributed by atoms with Gasteiger partial charge in [-0.1, -0.05) is 24.1 Å². The Hall–Kier alpha value is -2.57. The lowest BCUT2D eigenvalue weighted by atomic mass is 10.1. The highest BCUT2D eigenvalue weighted by atomic mass is 35.5. The number of piperidine rings is 1. The molecule has 1 heterocycles. The summed E-state index contributed by atoms with van der Waals surface area (Å²) in [5.41, 5.74) is 1.33. The summed E-state index contributed by atoms with van der Waals surface area (Å²) in [4.78, 5) is 26.7. The molecule has 6 nitrogen and oxygen atoms in total. The fourth-order valence-electron chi connectivity index (χ4n) is 3.20. The van der Waals surface area contributed by atoms with Gasteiger partial charge in [-0.3, -0.25) is 14.5 Å². The molecule has 2 N–H and O–H groups in total. The number of amides is 2. The van der Waals surface area contributed by atoms with Crippen molar-refractivity contribution >= 4 is 34.8 Å². The van der Waals surface area contributed by atoms with Crippen molar-refractivity contribution in [2.45, 2.75) is 32.3 Å². The number of carbonyl (C=O) groups excluding carboxylic acids is 2. The predicted octanol–water partition coefficient (Wildman–Crippen LogP) is 4.17. The van der Waals surface area contributed by atoms with Gasteiger partial charge in [0.1, 0.15) is 5.75 Å². The lowest BCUT2D eigenvalue weighted by Gasteiger charge is -2.25. The molecule has 7 heteroatoms. The van der Waals surface area contributed by atoms with Crippen molar-refractivity contribution in [1.82, 2.24) is 4.90 Å². The lowest BCUT2D eigenvalue weighted by Crippen LogP contribution is -2.36. The third-order valence-electron chi connectivity index (χ3n) is 4.73. The number of rotatable bonds is 7. The summed E-state index contributed by atoms with van der Waals surface area (Å²) in [5, 5.41) is 6.25. The molecule has 2 aromatic rings. The van der Waals surface area contributed by atoms with Crippen LogP contribution in [-0.4, -0.2) is 42.5 Å². The van der Waals surface area contributed by atoms with Gasteiger partial charge in [0.15, 0.2) is 6.10 Å². The molecule has 29 heavy (non-hydrogen) atoms. The zero-order chi connectivity index (χ0) is 20.6. The van der Waals surface area contributed by atoms with E-state index >= 15 is 0 Å². The summed E-state index contributed by atoms with van der Waals surface area (Å²) in [6, 6.07) is 14.0. The molecular weight excluding hydrogens is 390 g/mol. The number of anilines is 2. The second kappa shape index (κ2) is 10.3. The van der Waals surface area contributed by atoms with Crippen LogP contribution in [0.1, 0.15) is 26.2 Å². The normalized spacial score (nSPS) is 15.4. The van der Waals surface area contributed by atoms with Crippen LogP contribution < -0.4 is 15.4 Å². The van der Waals surface area contributed by atoms with E-state index in [0.717, 1.165) is 25.9 Å². The second-order valence-corrected chi connectivity index (χ2v) is 7.61. The minimum Gasteiger partial charge on any atom is -0.481 e. The van der Waals surface area contributed by atoms with E-state index in [9.17, 15) is 9.59 Å². The van der Waals surface area contributed by atoms with Crippen molar-refractivity contribution in [1.29, 1.82) is 0 Å². The molecule has 0 aromatic heterocycles. The molecule has 1 aliphatic rings. The minimum absolute atomic E-state index is 0.0211. The monoisotopic (exact) mass is 415 g/mol. The van der Waals surface area contributed by atoms with Gasteiger partial charge in [-0.05, 0) is 75.3 Å². The molecule has 0 radical (unpaired) electrons. The first-order chi connectivity index (χ1) is 14.0. The molecule has 0 spiro atoms. The van der Waals surface area contributed by atoms with Gasteiger partial charge in [0.25, 0.3) is 5.91 Å². The minimum atomic E-state index is -0.683. The molecule has 1 aliphatic heterocycles. The lowest BCUT2D eigenvalue weighted by molar-refractivity contribution is -0.122. The standard InChI is InChI=1S/C22H26ClN3O3/c1-16(29-20-7-5-6-17(23)14-20)22(28)25-19-10-8-18(9-11-19)24-21(27)15-26-12-3-2-4-13-26/h5-11,14,16H,2-4,12-13,15H2,1H3,(H,24,27)(H,25,28). The number of nitrogens with zero attached hydrogens (tertiary/aromatic N) is 1. The van der Waals surface area contributed by atoms with Gasteiger partial charge in [-0.15, -0.1) is 0 Å². The number of hydrogen-bond acceptors (Lipinski definition) is 4. The van der Waals surface area contributed by atoms with Crippen LogP contribution in [0, 0.1) is 0 Å². The summed E-state index contributed by atoms with van der Waals surface area (Å²) >= 11 is 5.93. The Kier molecular flexibility index (Phi) is 7.49. The van der Waals surface area contributed by atoms with Crippen LogP contribution in [0.2, 0.25) is 5.02 Å². The zero-order valence-electron chi connectivity index (χ0n) is 16.5. The maximum atomic E-state index is 12.3. The summed E-state index contributed by atoms with van der Waals surface area (Å²) in [7, 11) is 0. The maximum Gasteiger partial charge on any atom is 0.265 e. The fourth-order valence-corrected chi connectivity index (χ4v) is 3.38. The number of carbonyl (C=O) groups is 2. The molecule has 0 bridgehead atoms. The smallest absolute Gasteiger partial charge is 0.265 e. The summed E-state index contributed by atoms with van der Waals surface area (Å²) in [6.07, 6.45) is 2.87. The molecule has 0 aliphatic carbocycles. The van der Waals surface area contributed by atoms with Crippen LogP contribution in [0.4, 0.5) is 11.4 Å². The van der Waals surface area contributed by atoms with Gasteiger partial charge >= 0.3 is 0 Å². The van der Waals surface area contributed by atoms with E-state index in [1.165, 1.54) is 6.42 Å². The van der Waals surface area contributed by atoms with Crippen molar-refractivity contribution in [2.24, 2.45) is 0 Å². The van der Waals surface area contributed by atoms with Crippen LogP contribution in [-0.2, 0) is 9.59 Å². The first-order valence-corrected chi connectivity index (χ1v) is 10.2. The van der Waals surface area contributed by atoms with E-state index in [1.54, 1.807) is 55.5 Å². The van der Waals surface area contributed by atoms with Crippen molar-refractivity contribution < 1.29 is 14.3 Å². The molecule has 2 aromatic carbocycles. The topological polar surface area (TPSA) is 70.7 Å². The van der Waals surface area contributed by atoms with E-state index < -0.39 is 6.10 Å². The highest BCUT2D eigenvalue weighted by Gasteiger charge is 2.16. The van der Waals surface area contributed by atoms with E-state index in [0.29, 0.717) is 28.7 Å². The molecule has 154 valence electrons. The van der Waals surface area contributed by atoms with Gasteiger partial charge in [-0.25, -0.2) is 0 Å². The summed E-state index contributed by atoms with van der Waals surface area (Å²) < 4.78 is 5.62.